The van der Waals surface area contributed by atoms with Gasteiger partial charge in [-0.2, -0.15) is 0 Å². The van der Waals surface area contributed by atoms with E-state index in [1.807, 2.05) is 0 Å². The van der Waals surface area contributed by atoms with Crippen molar-refractivity contribution < 1.29 is 24.9 Å². The minimum atomic E-state index is -1.27. The lowest BCUT2D eigenvalue weighted by Crippen LogP contribution is -2.33. The van der Waals surface area contributed by atoms with E-state index in [-0.39, 0.29) is 5.82 Å². The maximum absolute atomic E-state index is 10.8. The topological polar surface area (TPSA) is 144 Å². The van der Waals surface area contributed by atoms with Gasteiger partial charge in [0.1, 0.15) is 24.6 Å². The molecule has 0 spiro atoms. The fourth-order valence-corrected chi connectivity index (χ4v) is 1.61. The lowest BCUT2D eigenvalue weighted by Gasteiger charge is -2.13. The molecule has 2 heterocycles. The summed E-state index contributed by atoms with van der Waals surface area (Å²) in [5, 5.41) is 31.8. The maximum Gasteiger partial charge on any atom is 0.288 e. The van der Waals surface area contributed by atoms with E-state index in [4.69, 9.17) is 15.6 Å². The molecular formula is C8H12N4O5. The molecule has 1 aromatic heterocycles. The van der Waals surface area contributed by atoms with Gasteiger partial charge >= 0.3 is 0 Å². The van der Waals surface area contributed by atoms with E-state index in [2.05, 4.69) is 10.1 Å². The number of nitrogens with two attached hydrogens (primary N) is 1. The Labute approximate surface area is 95.4 Å². The molecule has 5 N–H and O–H groups in total. The van der Waals surface area contributed by atoms with Gasteiger partial charge in [0, 0.05) is 0 Å². The normalized spacial score (nSPS) is 32.9. The number of hydrogen-bond donors (Lipinski definition) is 4. The van der Waals surface area contributed by atoms with Gasteiger partial charge in [0.05, 0.1) is 6.61 Å². The van der Waals surface area contributed by atoms with E-state index >= 15 is 0 Å². The summed E-state index contributed by atoms with van der Waals surface area (Å²) in [6.07, 6.45) is -3.26. The van der Waals surface area contributed by atoms with Crippen molar-refractivity contribution in [1.29, 1.82) is 0 Å². The number of nitrogens with zero attached hydrogens (tertiary/aromatic N) is 3. The van der Waals surface area contributed by atoms with Crippen molar-refractivity contribution in [2.45, 2.75) is 24.5 Å². The molecular weight excluding hydrogens is 234 g/mol. The number of aliphatic hydroxyl groups excluding tert-OH is 3. The first-order valence-corrected chi connectivity index (χ1v) is 4.88. The molecule has 1 amide bonds. The molecule has 1 aliphatic heterocycles. The fraction of sp³-hybridized carbons (Fsp3) is 0.625. The number of amides is 1. The number of aromatic nitrogens is 3. The molecule has 4 atom stereocenters. The lowest BCUT2D eigenvalue weighted by molar-refractivity contribution is -0.0588. The lowest BCUT2D eigenvalue weighted by atomic mass is 10.1. The van der Waals surface area contributed by atoms with Crippen LogP contribution in [0.2, 0.25) is 0 Å². The first kappa shape index (κ1) is 11.9. The Morgan fingerprint density at radius 1 is 1.53 bits per heavy atom. The van der Waals surface area contributed by atoms with Crippen molar-refractivity contribution in [1.82, 2.24) is 14.8 Å². The second-order valence-electron chi connectivity index (χ2n) is 3.64. The molecule has 1 aliphatic rings. The molecule has 2 rings (SSSR count). The third-order valence-corrected chi connectivity index (χ3v) is 2.51. The molecule has 17 heavy (non-hydrogen) atoms. The monoisotopic (exact) mass is 246 g/mol. The molecule has 0 aromatic carbocycles. The predicted octanol–water partition coefficient (Wildman–Crippen LogP) is -3.01. The molecule has 9 nitrogen and oxygen atoms in total. The minimum absolute atomic E-state index is 0.220. The SMILES string of the molecule is N[13C](=O)[13c]1ncn([C@@H]2O[C@H](CO)[C@@H](O)[C@H]2O)n1. The number of aliphatic hydroxyl groups is 3. The Morgan fingerprint density at radius 3 is 2.71 bits per heavy atom. The first-order valence-electron chi connectivity index (χ1n) is 4.88. The molecule has 1 aromatic rings. The summed E-state index contributed by atoms with van der Waals surface area (Å²) in [6.45, 7) is -0.438. The van der Waals surface area contributed by atoms with Gasteiger partial charge in [0.2, 0.25) is 5.82 Å². The van der Waals surface area contributed by atoms with Crippen LogP contribution in [0.1, 0.15) is 16.8 Å². The zero-order valence-electron chi connectivity index (χ0n) is 8.67. The quantitative estimate of drug-likeness (QED) is 0.416. The van der Waals surface area contributed by atoms with E-state index in [0.717, 1.165) is 11.0 Å². The Bertz CT molecular complexity index is 422. The van der Waals surface area contributed by atoms with E-state index in [1.54, 1.807) is 0 Å². The van der Waals surface area contributed by atoms with Crippen molar-refractivity contribution >= 4 is 5.91 Å². The van der Waals surface area contributed by atoms with Crippen LogP contribution in [0.25, 0.3) is 0 Å². The zero-order chi connectivity index (χ0) is 12.6. The van der Waals surface area contributed by atoms with Crippen molar-refractivity contribution in [2.75, 3.05) is 6.61 Å². The van der Waals surface area contributed by atoms with E-state index in [0.29, 0.717) is 0 Å². The number of carbonyl (C=O) groups is 1. The van der Waals surface area contributed by atoms with E-state index in [1.165, 1.54) is 0 Å². The fourth-order valence-electron chi connectivity index (χ4n) is 1.61. The number of hydrogen-bond acceptors (Lipinski definition) is 7. The molecule has 1 fully saturated rings. The summed E-state index contributed by atoms with van der Waals surface area (Å²) >= 11 is 0. The van der Waals surface area contributed by atoms with Gasteiger partial charge in [0.15, 0.2) is 6.23 Å². The third-order valence-electron chi connectivity index (χ3n) is 2.51. The molecule has 94 valence electrons. The highest BCUT2D eigenvalue weighted by molar-refractivity contribution is 5.88. The molecule has 9 heteroatoms. The molecule has 1 saturated heterocycles. The van der Waals surface area contributed by atoms with Crippen LogP contribution in [0.3, 0.4) is 0 Å². The van der Waals surface area contributed by atoms with Gasteiger partial charge in [-0.3, -0.25) is 4.79 Å². The van der Waals surface area contributed by atoms with Crippen LogP contribution < -0.4 is 5.73 Å². The molecule has 0 saturated carbocycles. The number of ether oxygens (including phenoxy) is 1. The molecule has 0 radical (unpaired) electrons. The van der Waals surface area contributed by atoms with Gasteiger partial charge in [-0.05, 0) is 0 Å². The molecule has 0 bridgehead atoms. The average Bonchev–Trinajstić information content (AvgIpc) is 2.87. The van der Waals surface area contributed by atoms with Crippen LogP contribution in [0.5, 0.6) is 0 Å². The highest BCUT2D eigenvalue weighted by atomic mass is 16.6. The van der Waals surface area contributed by atoms with Crippen molar-refractivity contribution in [3.8, 4) is 0 Å². The number of carbonyl (C=O) groups excluding carboxylic acids is 1. The molecule has 0 unspecified atom stereocenters. The van der Waals surface area contributed by atoms with Gasteiger partial charge in [-0.25, -0.2) is 9.67 Å². The Morgan fingerprint density at radius 2 is 2.24 bits per heavy atom. The summed E-state index contributed by atoms with van der Waals surface area (Å²) in [5.74, 6) is -1.03. The Kier molecular flexibility index (Phi) is 3.07. The highest BCUT2D eigenvalue weighted by Gasteiger charge is 2.43. The van der Waals surface area contributed by atoms with Crippen LogP contribution in [0.15, 0.2) is 6.33 Å². The largest absolute Gasteiger partial charge is 0.394 e. The zero-order valence-corrected chi connectivity index (χ0v) is 8.67. The number of rotatable bonds is 3. The van der Waals surface area contributed by atoms with Crippen molar-refractivity contribution in [2.24, 2.45) is 5.73 Å². The summed E-state index contributed by atoms with van der Waals surface area (Å²) in [5.41, 5.74) is 4.97. The van der Waals surface area contributed by atoms with Crippen LogP contribution in [0.4, 0.5) is 0 Å². The van der Waals surface area contributed by atoms with Crippen LogP contribution in [-0.2, 0) is 4.74 Å². The van der Waals surface area contributed by atoms with Gasteiger partial charge in [-0.1, -0.05) is 0 Å². The average molecular weight is 246 g/mol. The van der Waals surface area contributed by atoms with Crippen LogP contribution in [0, 0.1) is 0 Å². The van der Waals surface area contributed by atoms with Crippen LogP contribution in [-0.4, -0.2) is 60.9 Å². The summed E-state index contributed by atoms with van der Waals surface area (Å²) in [4.78, 5) is 14.4. The Balaban J connectivity index is 2.19. The summed E-state index contributed by atoms with van der Waals surface area (Å²) in [6, 6.07) is 0. The van der Waals surface area contributed by atoms with Crippen LogP contribution >= 0.6 is 0 Å². The summed E-state index contributed by atoms with van der Waals surface area (Å²) < 4.78 is 6.25. The highest BCUT2D eigenvalue weighted by Crippen LogP contribution is 2.28. The van der Waals surface area contributed by atoms with Gasteiger partial charge < -0.3 is 25.8 Å². The van der Waals surface area contributed by atoms with E-state index < -0.39 is 37.1 Å². The predicted molar refractivity (Wildman–Crippen MR) is 51.5 cm³/mol. The number of primary amides is 1. The minimum Gasteiger partial charge on any atom is -0.394 e. The standard InChI is InChI=1S/C8H12N4O5/c9-6(16)7-10-2-12(11-7)8-5(15)4(14)3(1-13)17-8/h2-5,8,13-15H,1H2,(H2,9,16)/t3-,4-,5-,8-/m1/s1/i6+1,7+1. The first-order chi connectivity index (χ1) is 8.04. The van der Waals surface area contributed by atoms with E-state index in [9.17, 15) is 15.0 Å². The van der Waals surface area contributed by atoms with Gasteiger partial charge in [0.25, 0.3) is 5.91 Å². The maximum atomic E-state index is 10.8. The molecule has 0 aliphatic carbocycles. The summed E-state index contributed by atoms with van der Waals surface area (Å²) in [7, 11) is 0. The van der Waals surface area contributed by atoms with Gasteiger partial charge in [-0.15, -0.1) is 5.10 Å². The third kappa shape index (κ3) is 2.00. The van der Waals surface area contributed by atoms with Crippen molar-refractivity contribution in [3.05, 3.63) is 12.2 Å². The van der Waals surface area contributed by atoms with Crippen molar-refractivity contribution in [3.63, 3.8) is 0 Å². The smallest absolute Gasteiger partial charge is 0.288 e. The second kappa shape index (κ2) is 4.37. The second-order valence-corrected chi connectivity index (χ2v) is 3.64. The Hall–Kier alpha value is -1.55.